The average Bonchev–Trinajstić information content (AvgIpc) is 3.34. The number of nitrogens with zero attached hydrogens (tertiary/aromatic N) is 1. The SMILES string of the molecule is CNC1CCN(C(=O)N[C@@]23CC[C@]4(C)C(=C2C(C(C)C)C(=O)C3)CCC2[C@@]3(C)CC[C@H](OC(=O)CC(C)(C)C(=O)O)C(C)(C)C3CC[C@]24C)CC1. The fourth-order valence-electron chi connectivity index (χ4n) is 13.1. The highest BCUT2D eigenvalue weighted by Crippen LogP contribution is 2.75. The zero-order valence-electron chi connectivity index (χ0n) is 33.3. The van der Waals surface area contributed by atoms with Crippen molar-refractivity contribution >= 4 is 23.8 Å². The van der Waals surface area contributed by atoms with Crippen molar-refractivity contribution in [2.75, 3.05) is 20.1 Å². The van der Waals surface area contributed by atoms with Crippen LogP contribution in [0.5, 0.6) is 0 Å². The van der Waals surface area contributed by atoms with Crippen LogP contribution >= 0.6 is 0 Å². The number of likely N-dealkylation sites (tertiary alicyclic amines) is 1. The third kappa shape index (κ3) is 5.89. The highest BCUT2D eigenvalue weighted by atomic mass is 16.5. The molecule has 5 aliphatic carbocycles. The van der Waals surface area contributed by atoms with Gasteiger partial charge in [-0.1, -0.05) is 54.0 Å². The zero-order chi connectivity index (χ0) is 37.5. The Labute approximate surface area is 306 Å². The molecule has 51 heavy (non-hydrogen) atoms. The molecule has 286 valence electrons. The molecule has 1 saturated heterocycles. The number of carboxylic acids is 1. The van der Waals surface area contributed by atoms with Crippen molar-refractivity contribution < 1.29 is 29.0 Å². The molecule has 8 atom stereocenters. The molecule has 9 heteroatoms. The summed E-state index contributed by atoms with van der Waals surface area (Å²) in [6, 6.07) is 0.431. The van der Waals surface area contributed by atoms with E-state index in [1.165, 1.54) is 11.1 Å². The Hall–Kier alpha value is -2.42. The number of rotatable bonds is 7. The summed E-state index contributed by atoms with van der Waals surface area (Å²) in [6.07, 6.45) is 9.56. The maximum atomic E-state index is 14.0. The summed E-state index contributed by atoms with van der Waals surface area (Å²) in [5.41, 5.74) is 0.743. The Morgan fingerprint density at radius 3 is 2.22 bits per heavy atom. The van der Waals surface area contributed by atoms with Crippen molar-refractivity contribution in [3.8, 4) is 0 Å². The molecule has 9 nitrogen and oxygen atoms in total. The Morgan fingerprint density at radius 2 is 1.61 bits per heavy atom. The largest absolute Gasteiger partial charge is 0.481 e. The van der Waals surface area contributed by atoms with Crippen LogP contribution < -0.4 is 10.6 Å². The summed E-state index contributed by atoms with van der Waals surface area (Å²) in [5, 5.41) is 16.5. The smallest absolute Gasteiger partial charge is 0.318 e. The van der Waals surface area contributed by atoms with Gasteiger partial charge in [0.05, 0.1) is 17.4 Å². The van der Waals surface area contributed by atoms with Crippen LogP contribution in [0.2, 0.25) is 0 Å². The van der Waals surface area contributed by atoms with Crippen molar-refractivity contribution in [2.45, 2.75) is 157 Å². The van der Waals surface area contributed by atoms with Gasteiger partial charge in [0, 0.05) is 36.9 Å². The Kier molecular flexibility index (Phi) is 9.66. The number of Topliss-reactive ketones (excluding diaryl/α,β-unsaturated/α-hetero) is 1. The van der Waals surface area contributed by atoms with Crippen molar-refractivity contribution in [2.24, 2.45) is 50.7 Å². The van der Waals surface area contributed by atoms with Crippen LogP contribution in [-0.2, 0) is 19.1 Å². The number of hydrogen-bond donors (Lipinski definition) is 3. The number of carbonyl (C=O) groups is 4. The summed E-state index contributed by atoms with van der Waals surface area (Å²) in [4.78, 5) is 54.8. The summed E-state index contributed by atoms with van der Waals surface area (Å²) >= 11 is 0. The quantitative estimate of drug-likeness (QED) is 0.184. The number of amides is 2. The van der Waals surface area contributed by atoms with Crippen molar-refractivity contribution in [3.05, 3.63) is 11.1 Å². The molecule has 3 unspecified atom stereocenters. The van der Waals surface area contributed by atoms with Crippen LogP contribution in [0.15, 0.2) is 11.1 Å². The lowest BCUT2D eigenvalue weighted by Crippen LogP contribution is -2.65. The number of piperidine rings is 1. The van der Waals surface area contributed by atoms with Gasteiger partial charge >= 0.3 is 18.0 Å². The molecule has 4 saturated carbocycles. The first-order chi connectivity index (χ1) is 23.7. The second-order valence-electron chi connectivity index (χ2n) is 20.0. The fraction of sp³-hybridized carbons (Fsp3) is 0.857. The predicted octanol–water partition coefficient (Wildman–Crippen LogP) is 7.53. The van der Waals surface area contributed by atoms with Crippen molar-refractivity contribution in [1.82, 2.24) is 15.5 Å². The molecular formula is C42H67N3O6. The number of nitrogens with one attached hydrogen (secondary N) is 2. The average molecular weight is 710 g/mol. The second-order valence-corrected chi connectivity index (χ2v) is 20.0. The molecule has 1 aliphatic heterocycles. The van der Waals surface area contributed by atoms with Crippen LogP contribution in [-0.4, -0.2) is 71.6 Å². The van der Waals surface area contributed by atoms with E-state index in [0.29, 0.717) is 24.3 Å². The van der Waals surface area contributed by atoms with Crippen LogP contribution in [0, 0.1) is 50.7 Å². The van der Waals surface area contributed by atoms with Gasteiger partial charge in [-0.15, -0.1) is 0 Å². The lowest BCUT2D eigenvalue weighted by molar-refractivity contribution is -0.214. The highest BCUT2D eigenvalue weighted by Gasteiger charge is 2.69. The summed E-state index contributed by atoms with van der Waals surface area (Å²) in [6.45, 7) is 21.1. The Morgan fingerprint density at radius 1 is 0.941 bits per heavy atom. The number of allylic oxidation sites excluding steroid dienone is 1. The second kappa shape index (κ2) is 12.9. The molecule has 1 heterocycles. The van der Waals surface area contributed by atoms with Gasteiger partial charge in [0.1, 0.15) is 11.9 Å². The first-order valence-electron chi connectivity index (χ1n) is 20.1. The van der Waals surface area contributed by atoms with Crippen molar-refractivity contribution in [1.29, 1.82) is 0 Å². The standard InChI is InChI=1S/C42H67N3O6/c1-25(2)33-28(46)23-42(44-36(50)45-21-15-26(43-10)16-22-45)20-19-40(8)27(34(33)42)11-12-30-39(7)17-14-31(51-32(47)24-37(3,4)35(48)49)38(5,6)29(39)13-18-41(30,40)9/h25-26,29-31,33,43H,11-24H2,1-10H3,(H,44,50)(H,48,49)/t29?,30?,31-,33?,39-,40+,41+,42+/m0/s1. The van der Waals surface area contributed by atoms with E-state index in [0.717, 1.165) is 77.3 Å². The molecule has 0 bridgehead atoms. The van der Waals surface area contributed by atoms with Crippen LogP contribution in [0.25, 0.3) is 0 Å². The fourth-order valence-corrected chi connectivity index (χ4v) is 13.1. The number of carbonyl (C=O) groups excluding carboxylic acids is 3. The van der Waals surface area contributed by atoms with Crippen LogP contribution in [0.4, 0.5) is 4.79 Å². The molecule has 0 radical (unpaired) electrons. The molecule has 0 spiro atoms. The highest BCUT2D eigenvalue weighted by molar-refractivity contribution is 5.92. The van der Waals surface area contributed by atoms with E-state index in [1.54, 1.807) is 13.8 Å². The minimum absolute atomic E-state index is 0.0115. The zero-order valence-corrected chi connectivity index (χ0v) is 33.3. The van der Waals surface area contributed by atoms with E-state index < -0.39 is 22.9 Å². The van der Waals surface area contributed by atoms with E-state index in [-0.39, 0.29) is 57.8 Å². The summed E-state index contributed by atoms with van der Waals surface area (Å²) in [5.74, 6) is -0.262. The van der Waals surface area contributed by atoms with Gasteiger partial charge in [0.25, 0.3) is 0 Å². The van der Waals surface area contributed by atoms with E-state index >= 15 is 0 Å². The minimum atomic E-state index is -1.16. The van der Waals surface area contributed by atoms with Gasteiger partial charge in [0.15, 0.2) is 0 Å². The van der Waals surface area contributed by atoms with Crippen LogP contribution in [0.3, 0.4) is 0 Å². The number of urea groups is 1. The minimum Gasteiger partial charge on any atom is -0.481 e. The normalized spacial score (nSPS) is 39.5. The van der Waals surface area contributed by atoms with E-state index in [4.69, 9.17) is 4.74 Å². The lowest BCUT2D eigenvalue weighted by Gasteiger charge is -2.70. The third-order valence-electron chi connectivity index (χ3n) is 16.3. The Balaban J connectivity index is 1.29. The van der Waals surface area contributed by atoms with Gasteiger partial charge in [-0.05, 0) is 125 Å². The van der Waals surface area contributed by atoms with Crippen molar-refractivity contribution in [3.63, 3.8) is 0 Å². The number of carboxylic acid groups (broad SMARTS) is 1. The van der Waals surface area contributed by atoms with Crippen LogP contribution in [0.1, 0.15) is 139 Å². The third-order valence-corrected chi connectivity index (χ3v) is 16.3. The molecule has 0 aromatic rings. The lowest BCUT2D eigenvalue weighted by atomic mass is 9.34. The first-order valence-corrected chi connectivity index (χ1v) is 20.1. The number of esters is 1. The molecule has 6 rings (SSSR count). The monoisotopic (exact) mass is 710 g/mol. The summed E-state index contributed by atoms with van der Waals surface area (Å²) in [7, 11) is 1.99. The van der Waals surface area contributed by atoms with Gasteiger partial charge in [-0.2, -0.15) is 0 Å². The van der Waals surface area contributed by atoms with E-state index in [9.17, 15) is 24.3 Å². The number of ketones is 1. The topological polar surface area (TPSA) is 125 Å². The van der Waals surface area contributed by atoms with Gasteiger partial charge in [-0.3, -0.25) is 14.4 Å². The van der Waals surface area contributed by atoms with Gasteiger partial charge < -0.3 is 25.4 Å². The molecule has 0 aromatic carbocycles. The predicted molar refractivity (Wildman–Crippen MR) is 198 cm³/mol. The molecular weight excluding hydrogens is 642 g/mol. The molecule has 3 N–H and O–H groups in total. The Bertz CT molecular complexity index is 1480. The number of fused-ring (bicyclic) bond motifs is 6. The first kappa shape index (κ1) is 38.3. The van der Waals surface area contributed by atoms with Gasteiger partial charge in [-0.25, -0.2) is 4.79 Å². The van der Waals surface area contributed by atoms with E-state index in [1.807, 2.05) is 11.9 Å². The maximum absolute atomic E-state index is 14.0. The number of aliphatic carboxylic acids is 1. The molecule has 2 amide bonds. The number of hydrogen-bond acceptors (Lipinski definition) is 6. The van der Waals surface area contributed by atoms with Gasteiger partial charge in [0.2, 0.25) is 0 Å². The molecule has 5 fully saturated rings. The maximum Gasteiger partial charge on any atom is 0.318 e. The van der Waals surface area contributed by atoms with E-state index in [2.05, 4.69) is 59.1 Å². The number of ether oxygens (including phenoxy) is 1. The summed E-state index contributed by atoms with van der Waals surface area (Å²) < 4.78 is 6.16. The molecule has 6 aliphatic rings. The molecule has 0 aromatic heterocycles.